The lowest BCUT2D eigenvalue weighted by molar-refractivity contribution is -0.124. The molecule has 0 unspecified atom stereocenters. The van der Waals surface area contributed by atoms with E-state index in [0.717, 1.165) is 19.5 Å². The molecule has 13 heavy (non-hydrogen) atoms. The quantitative estimate of drug-likeness (QED) is 0.559. The molecule has 0 N–H and O–H groups in total. The van der Waals surface area contributed by atoms with Crippen molar-refractivity contribution in [2.45, 2.75) is 27.2 Å². The Hall–Kier alpha value is -0.970. The van der Waals surface area contributed by atoms with E-state index >= 15 is 0 Å². The summed E-state index contributed by atoms with van der Waals surface area (Å²) in [6.45, 7) is 7.91. The third-order valence-electron chi connectivity index (χ3n) is 2.69. The Kier molecular flexibility index (Phi) is 3.36. The molecule has 1 amide bonds. The summed E-state index contributed by atoms with van der Waals surface area (Å²) in [7, 11) is 0. The second-order valence-electron chi connectivity index (χ2n) is 3.92. The van der Waals surface area contributed by atoms with Crippen molar-refractivity contribution in [1.82, 2.24) is 4.90 Å². The standard InChI is InChI=1S/C11H17NO/c1-4-5-11(13)12-7-6-10(8-12)9(2)3/h9-10H,6-8H2,1-3H3/t10-/m0/s1. The summed E-state index contributed by atoms with van der Waals surface area (Å²) >= 11 is 0. The molecule has 1 aliphatic heterocycles. The van der Waals surface area contributed by atoms with E-state index in [9.17, 15) is 4.79 Å². The molecule has 1 saturated heterocycles. The van der Waals surface area contributed by atoms with E-state index in [4.69, 9.17) is 0 Å². The maximum atomic E-state index is 11.4. The molecule has 0 radical (unpaired) electrons. The molecule has 2 heteroatoms. The van der Waals surface area contributed by atoms with Crippen LogP contribution in [0.4, 0.5) is 0 Å². The Labute approximate surface area is 80.3 Å². The lowest BCUT2D eigenvalue weighted by atomic mass is 9.95. The third kappa shape index (κ3) is 2.48. The molecule has 0 aromatic rings. The van der Waals surface area contributed by atoms with E-state index in [-0.39, 0.29) is 5.91 Å². The van der Waals surface area contributed by atoms with Crippen LogP contribution in [0.3, 0.4) is 0 Å². The van der Waals surface area contributed by atoms with Gasteiger partial charge in [-0.25, -0.2) is 0 Å². The fraction of sp³-hybridized carbons (Fsp3) is 0.727. The van der Waals surface area contributed by atoms with Crippen LogP contribution in [0.5, 0.6) is 0 Å². The molecule has 0 aromatic heterocycles. The van der Waals surface area contributed by atoms with Crippen LogP contribution < -0.4 is 0 Å². The predicted octanol–water partition coefficient (Wildman–Crippen LogP) is 1.51. The Morgan fingerprint density at radius 3 is 2.69 bits per heavy atom. The first kappa shape index (κ1) is 10.1. The van der Waals surface area contributed by atoms with Crippen LogP contribution in [-0.4, -0.2) is 23.9 Å². The highest BCUT2D eigenvalue weighted by Crippen LogP contribution is 2.23. The van der Waals surface area contributed by atoms with Crippen LogP contribution in [0.1, 0.15) is 27.2 Å². The maximum absolute atomic E-state index is 11.4. The average Bonchev–Trinajstić information content (AvgIpc) is 2.52. The van der Waals surface area contributed by atoms with Crippen molar-refractivity contribution >= 4 is 5.91 Å². The highest BCUT2D eigenvalue weighted by atomic mass is 16.2. The van der Waals surface area contributed by atoms with Gasteiger partial charge in [0.05, 0.1) is 0 Å². The number of nitrogens with zero attached hydrogens (tertiary/aromatic N) is 1. The molecule has 1 rings (SSSR count). The van der Waals surface area contributed by atoms with Gasteiger partial charge in [-0.2, -0.15) is 0 Å². The fourth-order valence-electron chi connectivity index (χ4n) is 1.70. The molecule has 1 fully saturated rings. The average molecular weight is 179 g/mol. The van der Waals surface area contributed by atoms with Gasteiger partial charge in [0, 0.05) is 13.1 Å². The summed E-state index contributed by atoms with van der Waals surface area (Å²) in [4.78, 5) is 13.2. The van der Waals surface area contributed by atoms with Gasteiger partial charge in [0.15, 0.2) is 0 Å². The minimum absolute atomic E-state index is 0.00866. The highest BCUT2D eigenvalue weighted by Gasteiger charge is 2.26. The first-order chi connectivity index (χ1) is 6.15. The van der Waals surface area contributed by atoms with Crippen molar-refractivity contribution in [2.24, 2.45) is 11.8 Å². The summed E-state index contributed by atoms with van der Waals surface area (Å²) in [5.74, 6) is 6.57. The fourth-order valence-corrected chi connectivity index (χ4v) is 1.70. The van der Waals surface area contributed by atoms with Gasteiger partial charge in [-0.15, -0.1) is 0 Å². The zero-order valence-electron chi connectivity index (χ0n) is 8.63. The molecule has 1 aliphatic rings. The number of hydrogen-bond donors (Lipinski definition) is 0. The zero-order chi connectivity index (χ0) is 9.84. The first-order valence-electron chi connectivity index (χ1n) is 4.86. The molecule has 0 aliphatic carbocycles. The van der Waals surface area contributed by atoms with E-state index in [1.807, 2.05) is 4.90 Å². The number of rotatable bonds is 1. The Balaban J connectivity index is 2.48. The molecule has 0 spiro atoms. The summed E-state index contributed by atoms with van der Waals surface area (Å²) in [5.41, 5.74) is 0. The van der Waals surface area contributed by atoms with Crippen molar-refractivity contribution in [3.8, 4) is 11.8 Å². The minimum atomic E-state index is -0.00866. The van der Waals surface area contributed by atoms with Gasteiger partial charge in [-0.3, -0.25) is 4.79 Å². The van der Waals surface area contributed by atoms with Crippen LogP contribution in [0.25, 0.3) is 0 Å². The van der Waals surface area contributed by atoms with E-state index in [2.05, 4.69) is 25.7 Å². The van der Waals surface area contributed by atoms with Gasteiger partial charge in [-0.1, -0.05) is 19.8 Å². The molecule has 0 aromatic carbocycles. The topological polar surface area (TPSA) is 20.3 Å². The SMILES string of the molecule is CC#CC(=O)N1CC[C@H](C(C)C)C1. The predicted molar refractivity (Wildman–Crippen MR) is 53.0 cm³/mol. The van der Waals surface area contributed by atoms with Crippen LogP contribution >= 0.6 is 0 Å². The van der Waals surface area contributed by atoms with Gasteiger partial charge >= 0.3 is 0 Å². The van der Waals surface area contributed by atoms with Crippen molar-refractivity contribution in [3.05, 3.63) is 0 Å². The molecular formula is C11H17NO. The largest absolute Gasteiger partial charge is 0.332 e. The van der Waals surface area contributed by atoms with Crippen LogP contribution in [0.15, 0.2) is 0 Å². The summed E-state index contributed by atoms with van der Waals surface area (Å²) < 4.78 is 0. The molecule has 2 nitrogen and oxygen atoms in total. The first-order valence-corrected chi connectivity index (χ1v) is 4.86. The van der Waals surface area contributed by atoms with Crippen molar-refractivity contribution in [1.29, 1.82) is 0 Å². The second-order valence-corrected chi connectivity index (χ2v) is 3.92. The number of carbonyl (C=O) groups excluding carboxylic acids is 1. The minimum Gasteiger partial charge on any atom is -0.332 e. The van der Waals surface area contributed by atoms with Gasteiger partial charge < -0.3 is 4.90 Å². The van der Waals surface area contributed by atoms with E-state index in [1.54, 1.807) is 6.92 Å². The van der Waals surface area contributed by atoms with Crippen LogP contribution in [0, 0.1) is 23.7 Å². The molecule has 0 bridgehead atoms. The molecular weight excluding hydrogens is 162 g/mol. The van der Waals surface area contributed by atoms with Crippen LogP contribution in [-0.2, 0) is 4.79 Å². The van der Waals surface area contributed by atoms with E-state index in [0.29, 0.717) is 11.8 Å². The lowest BCUT2D eigenvalue weighted by Gasteiger charge is -2.15. The lowest BCUT2D eigenvalue weighted by Crippen LogP contribution is -2.27. The summed E-state index contributed by atoms with van der Waals surface area (Å²) in [6, 6.07) is 0. The zero-order valence-corrected chi connectivity index (χ0v) is 8.63. The summed E-state index contributed by atoms with van der Waals surface area (Å²) in [6.07, 6.45) is 1.13. The second kappa shape index (κ2) is 4.32. The van der Waals surface area contributed by atoms with Crippen molar-refractivity contribution in [3.63, 3.8) is 0 Å². The summed E-state index contributed by atoms with van der Waals surface area (Å²) in [5, 5.41) is 0. The number of hydrogen-bond acceptors (Lipinski definition) is 1. The Bertz CT molecular complexity index is 247. The van der Waals surface area contributed by atoms with E-state index < -0.39 is 0 Å². The van der Waals surface area contributed by atoms with Crippen molar-refractivity contribution in [2.75, 3.05) is 13.1 Å². The molecule has 1 atom stereocenters. The van der Waals surface area contributed by atoms with Crippen LogP contribution in [0.2, 0.25) is 0 Å². The molecule has 0 saturated carbocycles. The smallest absolute Gasteiger partial charge is 0.298 e. The monoisotopic (exact) mass is 179 g/mol. The van der Waals surface area contributed by atoms with Gasteiger partial charge in [0.1, 0.15) is 0 Å². The molecule has 1 heterocycles. The Morgan fingerprint density at radius 2 is 2.23 bits per heavy atom. The number of carbonyl (C=O) groups is 1. The van der Waals surface area contributed by atoms with Gasteiger partial charge in [0.25, 0.3) is 5.91 Å². The third-order valence-corrected chi connectivity index (χ3v) is 2.69. The van der Waals surface area contributed by atoms with Crippen molar-refractivity contribution < 1.29 is 4.79 Å². The Morgan fingerprint density at radius 1 is 1.54 bits per heavy atom. The normalized spacial score (nSPS) is 21.5. The van der Waals surface area contributed by atoms with Gasteiger partial charge in [0.2, 0.25) is 0 Å². The van der Waals surface area contributed by atoms with Gasteiger partial charge in [-0.05, 0) is 31.1 Å². The van der Waals surface area contributed by atoms with E-state index in [1.165, 1.54) is 0 Å². The number of likely N-dealkylation sites (tertiary alicyclic amines) is 1. The highest BCUT2D eigenvalue weighted by molar-refractivity contribution is 5.93. The molecule has 72 valence electrons. The maximum Gasteiger partial charge on any atom is 0.298 e. The number of amides is 1.